The molecule has 0 radical (unpaired) electrons. The molecule has 2 heterocycles. The number of hydrogen-bond donors (Lipinski definition) is 0. The third-order valence-electron chi connectivity index (χ3n) is 3.15. The van der Waals surface area contributed by atoms with Gasteiger partial charge >= 0.3 is 0 Å². The fourth-order valence-electron chi connectivity index (χ4n) is 2.02. The number of piperidine rings is 1. The van der Waals surface area contributed by atoms with Crippen LogP contribution in [0.4, 0.5) is 5.69 Å². The van der Waals surface area contributed by atoms with Gasteiger partial charge in [-0.3, -0.25) is 9.48 Å². The van der Waals surface area contributed by atoms with Crippen molar-refractivity contribution in [2.24, 2.45) is 5.92 Å². The molecule has 1 fully saturated rings. The molecule has 16 heavy (non-hydrogen) atoms. The summed E-state index contributed by atoms with van der Waals surface area (Å²) in [5, 5.41) is 4.33. The third-order valence-corrected chi connectivity index (χ3v) is 3.15. The molecular formula is C12H19N3O. The highest BCUT2D eigenvalue weighted by molar-refractivity contribution is 5.83. The quantitative estimate of drug-likeness (QED) is 0.765. The molecule has 1 aliphatic heterocycles. The van der Waals surface area contributed by atoms with Gasteiger partial charge in [-0.05, 0) is 13.8 Å². The van der Waals surface area contributed by atoms with E-state index in [9.17, 15) is 4.79 Å². The highest BCUT2D eigenvalue weighted by atomic mass is 16.1. The average molecular weight is 221 g/mol. The van der Waals surface area contributed by atoms with Gasteiger partial charge in [-0.25, -0.2) is 0 Å². The molecule has 1 atom stereocenters. The van der Waals surface area contributed by atoms with Crippen molar-refractivity contribution < 1.29 is 4.79 Å². The minimum Gasteiger partial charge on any atom is -0.368 e. The number of carbonyl (C=O) groups excluding carboxylic acids is 1. The van der Waals surface area contributed by atoms with E-state index in [1.165, 1.54) is 0 Å². The maximum Gasteiger partial charge on any atom is 0.139 e. The Balaban J connectivity index is 2.09. The van der Waals surface area contributed by atoms with Crippen LogP contribution in [0, 0.1) is 5.92 Å². The maximum atomic E-state index is 11.4. The number of carbonyl (C=O) groups is 1. The number of ketones is 1. The zero-order valence-corrected chi connectivity index (χ0v) is 10.2. The molecule has 1 aliphatic rings. The topological polar surface area (TPSA) is 38.1 Å². The van der Waals surface area contributed by atoms with Gasteiger partial charge in [0.05, 0.1) is 11.9 Å². The molecule has 0 spiro atoms. The smallest absolute Gasteiger partial charge is 0.139 e. The lowest BCUT2D eigenvalue weighted by atomic mass is 9.98. The average Bonchev–Trinajstić information content (AvgIpc) is 2.71. The third kappa shape index (κ3) is 2.10. The normalized spacial score (nSPS) is 21.9. The summed E-state index contributed by atoms with van der Waals surface area (Å²) in [6.07, 6.45) is 4.61. The highest BCUT2D eigenvalue weighted by Gasteiger charge is 2.24. The van der Waals surface area contributed by atoms with Gasteiger partial charge in [-0.15, -0.1) is 0 Å². The first-order chi connectivity index (χ1) is 7.58. The fraction of sp³-hybridized carbons (Fsp3) is 0.667. The summed E-state index contributed by atoms with van der Waals surface area (Å²) in [5.74, 6) is 0.531. The van der Waals surface area contributed by atoms with Gasteiger partial charge in [0.1, 0.15) is 5.78 Å². The SMILES string of the molecule is CC1CN(c2cnn(C(C)C)c2)CCC1=O. The predicted molar refractivity (Wildman–Crippen MR) is 63.6 cm³/mol. The molecule has 0 saturated carbocycles. The molecule has 88 valence electrons. The first-order valence-corrected chi connectivity index (χ1v) is 5.89. The molecule has 0 aromatic carbocycles. The van der Waals surface area contributed by atoms with E-state index >= 15 is 0 Å². The predicted octanol–water partition coefficient (Wildman–Crippen LogP) is 1.88. The largest absolute Gasteiger partial charge is 0.368 e. The molecule has 1 unspecified atom stereocenters. The lowest BCUT2D eigenvalue weighted by Crippen LogP contribution is -2.39. The molecule has 2 rings (SSSR count). The summed E-state index contributed by atoms with van der Waals surface area (Å²) in [6, 6.07) is 0.387. The van der Waals surface area contributed by atoms with Crippen molar-refractivity contribution in [2.45, 2.75) is 33.2 Å². The zero-order valence-electron chi connectivity index (χ0n) is 10.2. The first kappa shape index (κ1) is 11.2. The second kappa shape index (κ2) is 4.28. The van der Waals surface area contributed by atoms with E-state index in [0.29, 0.717) is 18.2 Å². The van der Waals surface area contributed by atoms with Crippen molar-refractivity contribution in [3.63, 3.8) is 0 Å². The maximum absolute atomic E-state index is 11.4. The van der Waals surface area contributed by atoms with Crippen LogP contribution in [0.5, 0.6) is 0 Å². The van der Waals surface area contributed by atoms with Gasteiger partial charge in [0.15, 0.2) is 0 Å². The summed E-state index contributed by atoms with van der Waals surface area (Å²) in [7, 11) is 0. The van der Waals surface area contributed by atoms with Crippen LogP contribution in [0.15, 0.2) is 12.4 Å². The highest BCUT2D eigenvalue weighted by Crippen LogP contribution is 2.21. The van der Waals surface area contributed by atoms with Crippen LogP contribution < -0.4 is 4.90 Å². The van der Waals surface area contributed by atoms with Gasteiger partial charge in [-0.2, -0.15) is 5.10 Å². The van der Waals surface area contributed by atoms with Crippen molar-refractivity contribution in [1.82, 2.24) is 9.78 Å². The second-order valence-electron chi connectivity index (χ2n) is 4.84. The molecule has 4 nitrogen and oxygen atoms in total. The Hall–Kier alpha value is -1.32. The van der Waals surface area contributed by atoms with Gasteiger partial charge in [0.2, 0.25) is 0 Å². The van der Waals surface area contributed by atoms with E-state index in [0.717, 1.165) is 18.8 Å². The van der Waals surface area contributed by atoms with Crippen molar-refractivity contribution in [3.8, 4) is 0 Å². The number of Topliss-reactive ketones (excluding diaryl/α,β-unsaturated/α-hetero) is 1. The van der Waals surface area contributed by atoms with Crippen LogP contribution in [0.25, 0.3) is 0 Å². The van der Waals surface area contributed by atoms with Crippen LogP contribution in [0.1, 0.15) is 33.2 Å². The molecule has 0 bridgehead atoms. The zero-order chi connectivity index (χ0) is 11.7. The van der Waals surface area contributed by atoms with Crippen molar-refractivity contribution >= 4 is 11.5 Å². The Bertz CT molecular complexity index is 383. The summed E-state index contributed by atoms with van der Waals surface area (Å²) < 4.78 is 1.95. The van der Waals surface area contributed by atoms with Gasteiger partial charge in [-0.1, -0.05) is 6.92 Å². The van der Waals surface area contributed by atoms with Crippen molar-refractivity contribution in [2.75, 3.05) is 18.0 Å². The van der Waals surface area contributed by atoms with E-state index < -0.39 is 0 Å². The second-order valence-corrected chi connectivity index (χ2v) is 4.84. The van der Waals surface area contributed by atoms with E-state index in [-0.39, 0.29) is 5.92 Å². The lowest BCUT2D eigenvalue weighted by molar-refractivity contribution is -0.122. The molecule has 4 heteroatoms. The molecule has 0 aliphatic carbocycles. The first-order valence-electron chi connectivity index (χ1n) is 5.89. The molecule has 1 aromatic rings. The standard InChI is InChI=1S/C12H19N3O/c1-9(2)15-8-11(6-13-15)14-5-4-12(16)10(3)7-14/h6,8-10H,4-5,7H2,1-3H3. The molecule has 0 N–H and O–H groups in total. The number of nitrogens with zero attached hydrogens (tertiary/aromatic N) is 3. The fourth-order valence-corrected chi connectivity index (χ4v) is 2.02. The molecular weight excluding hydrogens is 202 g/mol. The molecule has 1 saturated heterocycles. The van der Waals surface area contributed by atoms with Crippen LogP contribution in [-0.2, 0) is 4.79 Å². The number of hydrogen-bond acceptors (Lipinski definition) is 3. The van der Waals surface area contributed by atoms with E-state index in [1.54, 1.807) is 0 Å². The minimum atomic E-state index is 0.149. The lowest BCUT2D eigenvalue weighted by Gasteiger charge is -2.30. The van der Waals surface area contributed by atoms with E-state index in [1.807, 2.05) is 17.8 Å². The van der Waals surface area contributed by atoms with Gasteiger partial charge in [0.25, 0.3) is 0 Å². The van der Waals surface area contributed by atoms with E-state index in [4.69, 9.17) is 0 Å². The van der Waals surface area contributed by atoms with Crippen molar-refractivity contribution in [1.29, 1.82) is 0 Å². The van der Waals surface area contributed by atoms with Crippen LogP contribution in [0.2, 0.25) is 0 Å². The molecule has 1 aromatic heterocycles. The Kier molecular flexibility index (Phi) is 2.99. The Morgan fingerprint density at radius 1 is 1.50 bits per heavy atom. The Morgan fingerprint density at radius 3 is 2.81 bits per heavy atom. The van der Waals surface area contributed by atoms with Crippen molar-refractivity contribution in [3.05, 3.63) is 12.4 Å². The van der Waals surface area contributed by atoms with Gasteiger partial charge in [0, 0.05) is 37.7 Å². The van der Waals surface area contributed by atoms with Crippen LogP contribution in [0.3, 0.4) is 0 Å². The molecule has 0 amide bonds. The van der Waals surface area contributed by atoms with Crippen LogP contribution >= 0.6 is 0 Å². The summed E-state index contributed by atoms with van der Waals surface area (Å²) in [5.41, 5.74) is 1.13. The number of aromatic nitrogens is 2. The number of rotatable bonds is 2. The van der Waals surface area contributed by atoms with E-state index in [2.05, 4.69) is 30.0 Å². The Morgan fingerprint density at radius 2 is 2.25 bits per heavy atom. The number of anilines is 1. The summed E-state index contributed by atoms with van der Waals surface area (Å²) >= 11 is 0. The van der Waals surface area contributed by atoms with Gasteiger partial charge < -0.3 is 4.90 Å². The summed E-state index contributed by atoms with van der Waals surface area (Å²) in [4.78, 5) is 13.7. The van der Waals surface area contributed by atoms with Crippen LogP contribution in [-0.4, -0.2) is 28.7 Å². The Labute approximate surface area is 96.2 Å². The summed E-state index contributed by atoms with van der Waals surface area (Å²) in [6.45, 7) is 7.87. The monoisotopic (exact) mass is 221 g/mol. The minimum absolute atomic E-state index is 0.149.